The van der Waals surface area contributed by atoms with Crippen LogP contribution in [0.2, 0.25) is 0 Å². The van der Waals surface area contributed by atoms with Gasteiger partial charge >= 0.3 is 0 Å². The van der Waals surface area contributed by atoms with Crippen LogP contribution in [-0.4, -0.2) is 43.6 Å². The molecule has 1 amide bonds. The van der Waals surface area contributed by atoms with Gasteiger partial charge in [-0.3, -0.25) is 4.79 Å². The Labute approximate surface area is 180 Å². The molecule has 0 radical (unpaired) electrons. The van der Waals surface area contributed by atoms with E-state index in [-0.39, 0.29) is 0 Å². The number of carbonyl (C=O) groups excluding carboxylic acids is 1. The quantitative estimate of drug-likeness (QED) is 0.531. The topological polar surface area (TPSA) is 66.8 Å². The highest BCUT2D eigenvalue weighted by Crippen LogP contribution is 2.34. The van der Waals surface area contributed by atoms with Gasteiger partial charge in [-0.1, -0.05) is 36.4 Å². The zero-order valence-electron chi connectivity index (χ0n) is 17.4. The molecule has 2 aliphatic rings. The minimum atomic E-state index is 0.305. The van der Waals surface area contributed by atoms with E-state index in [0.717, 1.165) is 55.8 Å². The van der Waals surface area contributed by atoms with Crippen LogP contribution < -0.4 is 0 Å². The van der Waals surface area contributed by atoms with Crippen LogP contribution in [0, 0.1) is 11.8 Å². The number of H-pyrrole nitrogens is 1. The molecule has 1 aliphatic carbocycles. The van der Waals surface area contributed by atoms with Crippen molar-refractivity contribution < 1.29 is 4.79 Å². The second-order valence-corrected chi connectivity index (χ2v) is 8.84. The molecule has 1 atom stereocenters. The third-order valence-electron chi connectivity index (χ3n) is 6.64. The molecule has 2 aromatic heterocycles. The summed E-state index contributed by atoms with van der Waals surface area (Å²) in [5.41, 5.74) is 4.61. The molecule has 1 aliphatic heterocycles. The summed E-state index contributed by atoms with van der Waals surface area (Å²) in [7, 11) is 0. The van der Waals surface area contributed by atoms with E-state index in [0.29, 0.717) is 17.7 Å². The zero-order chi connectivity index (χ0) is 20.8. The summed E-state index contributed by atoms with van der Waals surface area (Å²) in [4.78, 5) is 17.7. The van der Waals surface area contributed by atoms with Crippen molar-refractivity contribution in [3.8, 4) is 22.5 Å². The van der Waals surface area contributed by atoms with E-state index in [1.54, 1.807) is 0 Å². The molecule has 156 valence electrons. The van der Waals surface area contributed by atoms with Gasteiger partial charge in [-0.2, -0.15) is 0 Å². The van der Waals surface area contributed by atoms with E-state index in [4.69, 9.17) is 0 Å². The van der Waals surface area contributed by atoms with Crippen molar-refractivity contribution in [1.82, 2.24) is 24.6 Å². The Kier molecular flexibility index (Phi) is 4.37. The number of aromatic nitrogens is 4. The summed E-state index contributed by atoms with van der Waals surface area (Å²) in [6.07, 6.45) is 6.99. The van der Waals surface area contributed by atoms with Crippen molar-refractivity contribution in [2.45, 2.75) is 25.8 Å². The number of hydrogen-bond acceptors (Lipinski definition) is 3. The lowest BCUT2D eigenvalue weighted by Gasteiger charge is -2.17. The number of aromatic amines is 1. The third-order valence-corrected chi connectivity index (χ3v) is 6.64. The van der Waals surface area contributed by atoms with Crippen LogP contribution in [0.3, 0.4) is 0 Å². The lowest BCUT2D eigenvalue weighted by atomic mass is 10.0. The maximum Gasteiger partial charge on any atom is 0.225 e. The Morgan fingerprint density at radius 3 is 2.71 bits per heavy atom. The fraction of sp³-hybridized carbons (Fsp3) is 0.320. The molecule has 3 heterocycles. The smallest absolute Gasteiger partial charge is 0.225 e. The van der Waals surface area contributed by atoms with Crippen LogP contribution in [0.1, 0.15) is 19.3 Å². The predicted octanol–water partition coefficient (Wildman–Crippen LogP) is 4.35. The molecule has 2 fully saturated rings. The Morgan fingerprint density at radius 2 is 1.87 bits per heavy atom. The average molecular weight is 412 g/mol. The summed E-state index contributed by atoms with van der Waals surface area (Å²) in [6, 6.07) is 17.0. The van der Waals surface area contributed by atoms with Crippen molar-refractivity contribution in [3.63, 3.8) is 0 Å². The Bertz CT molecular complexity index is 1230. The molecule has 1 saturated heterocycles. The van der Waals surface area contributed by atoms with Crippen molar-refractivity contribution in [1.29, 1.82) is 0 Å². The molecule has 6 nitrogen and oxygen atoms in total. The Hall–Kier alpha value is -3.41. The van der Waals surface area contributed by atoms with E-state index in [1.165, 1.54) is 16.5 Å². The number of fused-ring (bicyclic) bond motifs is 1. The molecule has 31 heavy (non-hydrogen) atoms. The van der Waals surface area contributed by atoms with Gasteiger partial charge < -0.3 is 14.5 Å². The summed E-state index contributed by atoms with van der Waals surface area (Å²) >= 11 is 0. The van der Waals surface area contributed by atoms with E-state index < -0.39 is 0 Å². The summed E-state index contributed by atoms with van der Waals surface area (Å²) in [6.45, 7) is 2.59. The first-order chi connectivity index (χ1) is 15.3. The normalized spacial score (nSPS) is 18.7. The lowest BCUT2D eigenvalue weighted by molar-refractivity contribution is -0.131. The van der Waals surface area contributed by atoms with E-state index >= 15 is 0 Å². The van der Waals surface area contributed by atoms with E-state index in [2.05, 4.69) is 73.2 Å². The van der Waals surface area contributed by atoms with Gasteiger partial charge in [0.05, 0.1) is 0 Å². The standard InChI is InChI=1S/C25H25N5O/c31-25(20-8-9-20)29-13-11-17(14-29)15-30-16-27-28-24(30)19-6-4-18(5-7-19)21-2-1-3-23-22(21)10-12-26-23/h1-7,10,12,16-17,20,26H,8-9,11,13-15H2/t17-/m1/s1. The molecular formula is C25H25N5O. The van der Waals surface area contributed by atoms with Gasteiger partial charge in [-0.25, -0.2) is 0 Å². The van der Waals surface area contributed by atoms with Crippen LogP contribution >= 0.6 is 0 Å². The maximum atomic E-state index is 12.3. The summed E-state index contributed by atoms with van der Waals surface area (Å²) in [5, 5.41) is 9.79. The number of rotatable bonds is 5. The van der Waals surface area contributed by atoms with E-state index in [1.807, 2.05) is 12.5 Å². The molecular weight excluding hydrogens is 386 g/mol. The van der Waals surface area contributed by atoms with Crippen LogP contribution in [0.15, 0.2) is 61.1 Å². The number of hydrogen-bond donors (Lipinski definition) is 1. The van der Waals surface area contributed by atoms with Crippen LogP contribution in [0.5, 0.6) is 0 Å². The van der Waals surface area contributed by atoms with Gasteiger partial charge in [-0.05, 0) is 48.4 Å². The average Bonchev–Trinajstić information content (AvgIpc) is 3.17. The molecule has 0 unspecified atom stereocenters. The Balaban J connectivity index is 1.20. The van der Waals surface area contributed by atoms with Gasteiger partial charge in [0.2, 0.25) is 5.91 Å². The largest absolute Gasteiger partial charge is 0.361 e. The molecule has 0 spiro atoms. The maximum absolute atomic E-state index is 12.3. The van der Waals surface area contributed by atoms with Crippen LogP contribution in [-0.2, 0) is 11.3 Å². The van der Waals surface area contributed by atoms with Gasteiger partial charge in [0, 0.05) is 48.2 Å². The SMILES string of the molecule is O=C(C1CC1)N1CC[C@@H](Cn2cnnc2-c2ccc(-c3cccc4[nH]ccc34)cc2)C1. The molecule has 6 heteroatoms. The number of nitrogens with zero attached hydrogens (tertiary/aromatic N) is 4. The Morgan fingerprint density at radius 1 is 1.03 bits per heavy atom. The zero-order valence-corrected chi connectivity index (χ0v) is 17.4. The number of benzene rings is 2. The number of amides is 1. The molecule has 2 aromatic carbocycles. The molecule has 4 aromatic rings. The highest BCUT2D eigenvalue weighted by molar-refractivity contribution is 5.95. The predicted molar refractivity (Wildman–Crippen MR) is 120 cm³/mol. The first-order valence-corrected chi connectivity index (χ1v) is 11.1. The highest BCUT2D eigenvalue weighted by Gasteiger charge is 2.36. The first kappa shape index (κ1) is 18.4. The van der Waals surface area contributed by atoms with Gasteiger partial charge in [0.15, 0.2) is 5.82 Å². The van der Waals surface area contributed by atoms with Gasteiger partial charge in [-0.15, -0.1) is 10.2 Å². The highest BCUT2D eigenvalue weighted by atomic mass is 16.2. The minimum Gasteiger partial charge on any atom is -0.361 e. The van der Waals surface area contributed by atoms with Crippen molar-refractivity contribution in [2.24, 2.45) is 11.8 Å². The van der Waals surface area contributed by atoms with Crippen LogP contribution in [0.4, 0.5) is 0 Å². The van der Waals surface area contributed by atoms with Crippen LogP contribution in [0.25, 0.3) is 33.4 Å². The lowest BCUT2D eigenvalue weighted by Crippen LogP contribution is -2.30. The minimum absolute atomic E-state index is 0.305. The first-order valence-electron chi connectivity index (χ1n) is 11.1. The molecule has 0 bridgehead atoms. The van der Waals surface area contributed by atoms with Crippen molar-refractivity contribution in [2.75, 3.05) is 13.1 Å². The van der Waals surface area contributed by atoms with E-state index in [9.17, 15) is 4.79 Å². The third kappa shape index (κ3) is 3.42. The van der Waals surface area contributed by atoms with Gasteiger partial charge in [0.1, 0.15) is 6.33 Å². The second kappa shape index (κ2) is 7.38. The van der Waals surface area contributed by atoms with Crippen molar-refractivity contribution >= 4 is 16.8 Å². The number of nitrogens with one attached hydrogen (secondary N) is 1. The second-order valence-electron chi connectivity index (χ2n) is 8.84. The fourth-order valence-electron chi connectivity index (χ4n) is 4.80. The molecule has 1 N–H and O–H groups in total. The number of likely N-dealkylation sites (tertiary alicyclic amines) is 1. The summed E-state index contributed by atoms with van der Waals surface area (Å²) < 4.78 is 2.14. The summed E-state index contributed by atoms with van der Waals surface area (Å²) in [5.74, 6) is 2.01. The fourth-order valence-corrected chi connectivity index (χ4v) is 4.80. The van der Waals surface area contributed by atoms with Crippen molar-refractivity contribution in [3.05, 3.63) is 61.1 Å². The molecule has 1 saturated carbocycles. The number of carbonyl (C=O) groups is 1. The van der Waals surface area contributed by atoms with Gasteiger partial charge in [0.25, 0.3) is 0 Å². The monoisotopic (exact) mass is 411 g/mol. The molecule has 6 rings (SSSR count).